The van der Waals surface area contributed by atoms with Crippen molar-refractivity contribution in [2.75, 3.05) is 6.61 Å². The highest BCUT2D eigenvalue weighted by molar-refractivity contribution is 5.95. The van der Waals surface area contributed by atoms with E-state index in [0.717, 1.165) is 21.8 Å². The predicted octanol–water partition coefficient (Wildman–Crippen LogP) is 5.17. The molecule has 0 bridgehead atoms. The number of benzene rings is 3. The van der Waals surface area contributed by atoms with Crippen molar-refractivity contribution in [2.24, 2.45) is 5.92 Å². The van der Waals surface area contributed by atoms with Gasteiger partial charge in [0, 0.05) is 17.3 Å². The molecule has 0 N–H and O–H groups in total. The summed E-state index contributed by atoms with van der Waals surface area (Å²) in [4.78, 5) is 39.8. The van der Waals surface area contributed by atoms with Crippen LogP contribution >= 0.6 is 0 Å². The van der Waals surface area contributed by atoms with Gasteiger partial charge in [-0.2, -0.15) is 4.57 Å². The third kappa shape index (κ3) is 6.22. The lowest BCUT2D eigenvalue weighted by atomic mass is 9.92. The first-order valence-electron chi connectivity index (χ1n) is 13.5. The maximum absolute atomic E-state index is 15.6. The zero-order valence-corrected chi connectivity index (χ0v) is 22.9. The summed E-state index contributed by atoms with van der Waals surface area (Å²) in [6.45, 7) is 1.47. The summed E-state index contributed by atoms with van der Waals surface area (Å²) in [5, 5.41) is 0. The second kappa shape index (κ2) is 12.6. The van der Waals surface area contributed by atoms with Gasteiger partial charge >= 0.3 is 5.69 Å². The summed E-state index contributed by atoms with van der Waals surface area (Å²) in [5.74, 6) is -5.77. The first kappa shape index (κ1) is 29.0. The number of carbonyl (C=O) groups is 1. The molecule has 0 fully saturated rings. The molecule has 216 valence electrons. The fraction of sp³-hybridized carbons (Fsp3) is 0.242. The molecule has 0 unspecified atom stereocenters. The van der Waals surface area contributed by atoms with Crippen molar-refractivity contribution in [1.29, 1.82) is 0 Å². The molecule has 0 aliphatic heterocycles. The number of hydrogen-bond acceptors (Lipinski definition) is 5. The van der Waals surface area contributed by atoms with E-state index in [1.165, 1.54) is 31.3 Å². The van der Waals surface area contributed by atoms with Gasteiger partial charge in [-0.25, -0.2) is 13.6 Å². The summed E-state index contributed by atoms with van der Waals surface area (Å²) < 4.78 is 44.7. The number of hydrogen-bond donors (Lipinski definition) is 0. The second-order valence-electron chi connectivity index (χ2n) is 10.2. The largest absolute Gasteiger partial charge is 0.374 e. The van der Waals surface area contributed by atoms with Crippen LogP contribution in [0.2, 0.25) is 0 Å². The van der Waals surface area contributed by atoms with Gasteiger partial charge < -0.3 is 9.47 Å². The average molecular weight is 573 g/mol. The summed E-state index contributed by atoms with van der Waals surface area (Å²) in [6.07, 6.45) is 2.04. The lowest BCUT2D eigenvalue weighted by Crippen LogP contribution is -2.49. The van der Waals surface area contributed by atoms with Gasteiger partial charge in [-0.1, -0.05) is 84.9 Å². The van der Waals surface area contributed by atoms with Crippen LogP contribution in [0.25, 0.3) is 0 Å². The van der Waals surface area contributed by atoms with Gasteiger partial charge in [0.25, 0.3) is 17.4 Å². The highest BCUT2D eigenvalue weighted by Gasteiger charge is 2.52. The summed E-state index contributed by atoms with van der Waals surface area (Å²) in [7, 11) is 0. The fourth-order valence-corrected chi connectivity index (χ4v) is 5.12. The number of carbonyl (C=O) groups excluding carboxylic acids is 1. The van der Waals surface area contributed by atoms with Gasteiger partial charge in [0.15, 0.2) is 0 Å². The van der Waals surface area contributed by atoms with Crippen LogP contribution < -0.4 is 11.2 Å². The molecule has 0 radical (unpaired) electrons. The number of allylic oxidation sites excluding steroid dienone is 2. The molecule has 0 amide bonds. The van der Waals surface area contributed by atoms with E-state index in [2.05, 4.69) is 0 Å². The van der Waals surface area contributed by atoms with Gasteiger partial charge in [0.2, 0.25) is 0 Å². The zero-order chi connectivity index (χ0) is 29.7. The van der Waals surface area contributed by atoms with Crippen LogP contribution in [0.4, 0.5) is 8.78 Å². The molecule has 0 spiro atoms. The molecule has 42 heavy (non-hydrogen) atoms. The van der Waals surface area contributed by atoms with Crippen molar-refractivity contribution in [3.63, 3.8) is 0 Å². The molecular weight excluding hydrogens is 542 g/mol. The normalized spacial score (nSPS) is 18.2. The van der Waals surface area contributed by atoms with Crippen LogP contribution in [-0.4, -0.2) is 33.7 Å². The summed E-state index contributed by atoms with van der Waals surface area (Å²) in [6, 6.07) is 25.1. The molecule has 4 aromatic rings. The van der Waals surface area contributed by atoms with Gasteiger partial charge in [-0.05, 0) is 36.3 Å². The monoisotopic (exact) mass is 572 g/mol. The lowest BCUT2D eigenvalue weighted by molar-refractivity contribution is -0.128. The van der Waals surface area contributed by atoms with Crippen LogP contribution in [0.15, 0.2) is 119 Å². The van der Waals surface area contributed by atoms with Crippen molar-refractivity contribution in [3.8, 4) is 0 Å². The van der Waals surface area contributed by atoms with Crippen molar-refractivity contribution >= 4 is 5.91 Å². The Balaban J connectivity index is 1.51. The molecule has 7 nitrogen and oxygen atoms in total. The predicted molar refractivity (Wildman–Crippen MR) is 154 cm³/mol. The molecule has 1 heterocycles. The van der Waals surface area contributed by atoms with E-state index in [9.17, 15) is 14.4 Å². The number of nitrogens with zero attached hydrogens (tertiary/aromatic N) is 2. The number of aryl methyl sites for hydroxylation is 1. The third-order valence-corrected chi connectivity index (χ3v) is 7.26. The van der Waals surface area contributed by atoms with Gasteiger partial charge in [-0.3, -0.25) is 14.2 Å². The molecule has 1 aliphatic carbocycles. The van der Waals surface area contributed by atoms with E-state index in [1.54, 1.807) is 18.2 Å². The topological polar surface area (TPSA) is 79.5 Å². The van der Waals surface area contributed by atoms with E-state index in [4.69, 9.17) is 9.47 Å². The second-order valence-corrected chi connectivity index (χ2v) is 10.2. The number of aromatic nitrogens is 2. The molecule has 9 heteroatoms. The van der Waals surface area contributed by atoms with Gasteiger partial charge in [0.05, 0.1) is 37.9 Å². The molecule has 1 aromatic heterocycles. The summed E-state index contributed by atoms with van der Waals surface area (Å²) >= 11 is 0. The smallest absolute Gasteiger partial charge is 0.338 e. The third-order valence-electron chi connectivity index (χ3n) is 7.26. The van der Waals surface area contributed by atoms with E-state index in [-0.39, 0.29) is 30.9 Å². The van der Waals surface area contributed by atoms with Crippen LogP contribution in [0.1, 0.15) is 33.1 Å². The molecular formula is C33H30F2N2O5. The Morgan fingerprint density at radius 1 is 0.881 bits per heavy atom. The Bertz CT molecular complexity index is 1670. The fourth-order valence-electron chi connectivity index (χ4n) is 5.12. The molecule has 0 saturated heterocycles. The Morgan fingerprint density at radius 2 is 1.45 bits per heavy atom. The molecule has 3 aromatic carbocycles. The number of alkyl halides is 2. The van der Waals surface area contributed by atoms with Crippen molar-refractivity contribution in [2.45, 2.75) is 38.2 Å². The minimum atomic E-state index is -3.38. The van der Waals surface area contributed by atoms with Crippen molar-refractivity contribution in [3.05, 3.63) is 152 Å². The molecule has 0 saturated carbocycles. The van der Waals surface area contributed by atoms with Crippen LogP contribution in [-0.2, 0) is 22.7 Å². The highest BCUT2D eigenvalue weighted by Crippen LogP contribution is 2.44. The van der Waals surface area contributed by atoms with Gasteiger partial charge in [0.1, 0.15) is 0 Å². The Hall–Kier alpha value is -4.47. The molecule has 5 rings (SSSR count). The van der Waals surface area contributed by atoms with E-state index < -0.39 is 41.1 Å². The number of rotatable bonds is 10. The van der Waals surface area contributed by atoms with E-state index in [1.807, 2.05) is 60.7 Å². The quantitative estimate of drug-likeness (QED) is 0.245. The van der Waals surface area contributed by atoms with E-state index in [0.29, 0.717) is 4.57 Å². The average Bonchev–Trinajstić information content (AvgIpc) is 3.32. The standard InChI is InChI=1S/C33H30F2N2O5/c1-23-19-36(32(40)37(30(23)38)31(39)26-15-9-4-10-16-26)27-17-18-33(34,35)29(27)28(42-21-25-13-7-3-8-14-25)22-41-20-24-11-5-2-6-12-24/h2-19,27-29H,20-22H2,1H3/t27-,28-,29+/m1/s1. The molecule has 3 atom stereocenters. The van der Waals surface area contributed by atoms with Crippen molar-refractivity contribution in [1.82, 2.24) is 9.13 Å². The highest BCUT2D eigenvalue weighted by atomic mass is 19.3. The van der Waals surface area contributed by atoms with Crippen molar-refractivity contribution < 1.29 is 23.0 Å². The maximum atomic E-state index is 15.6. The minimum absolute atomic E-state index is 0.0411. The summed E-state index contributed by atoms with van der Waals surface area (Å²) in [5.41, 5.74) is 0.0126. The van der Waals surface area contributed by atoms with E-state index >= 15 is 8.78 Å². The first-order chi connectivity index (χ1) is 20.3. The van der Waals surface area contributed by atoms with Crippen LogP contribution in [0.3, 0.4) is 0 Å². The van der Waals surface area contributed by atoms with Crippen LogP contribution in [0.5, 0.6) is 0 Å². The Kier molecular flexibility index (Phi) is 8.70. The molecule has 1 aliphatic rings. The number of ether oxygens (including phenoxy) is 2. The maximum Gasteiger partial charge on any atom is 0.338 e. The number of halogens is 2. The minimum Gasteiger partial charge on any atom is -0.374 e. The SMILES string of the molecule is Cc1cn([C@@H]2C=CC(F)(F)[C@@H]2[C@@H](COCc2ccccc2)OCc2ccccc2)c(=O)n(C(=O)c2ccccc2)c1=O. The van der Waals surface area contributed by atoms with Crippen LogP contribution in [0, 0.1) is 12.8 Å². The van der Waals surface area contributed by atoms with Gasteiger partial charge in [-0.15, -0.1) is 0 Å². The first-order valence-corrected chi connectivity index (χ1v) is 13.5. The lowest BCUT2D eigenvalue weighted by Gasteiger charge is -2.33. The zero-order valence-electron chi connectivity index (χ0n) is 22.9. The Morgan fingerprint density at radius 3 is 2.07 bits per heavy atom. The Labute approximate surface area is 241 Å².